The molecule has 0 heterocycles. The van der Waals surface area contributed by atoms with Gasteiger partial charge < -0.3 is 25.8 Å². The Kier molecular flexibility index (Phi) is 7.72. The number of carboxylic acid groups (broad SMARTS) is 1. The van der Waals surface area contributed by atoms with Gasteiger partial charge in [0.25, 0.3) is 0 Å². The van der Waals surface area contributed by atoms with E-state index in [2.05, 4.69) is 16.0 Å². The highest BCUT2D eigenvalue weighted by Crippen LogP contribution is 1.99. The highest BCUT2D eigenvalue weighted by molar-refractivity contribution is 5.88. The van der Waals surface area contributed by atoms with Crippen molar-refractivity contribution < 1.29 is 24.2 Å². The van der Waals surface area contributed by atoms with E-state index in [-0.39, 0.29) is 18.9 Å². The van der Waals surface area contributed by atoms with Crippen LogP contribution in [0.15, 0.2) is 0 Å². The quantitative estimate of drug-likeness (QED) is 0.531. The third-order valence-electron chi connectivity index (χ3n) is 2.45. The van der Waals surface area contributed by atoms with Crippen molar-refractivity contribution in [3.8, 4) is 0 Å². The van der Waals surface area contributed by atoms with Crippen molar-refractivity contribution in [2.24, 2.45) is 0 Å². The number of hydrogen-bond acceptors (Lipinski definition) is 4. The van der Waals surface area contributed by atoms with Gasteiger partial charge in [-0.15, -0.1) is 0 Å². The van der Waals surface area contributed by atoms with Crippen LogP contribution in [0.5, 0.6) is 0 Å². The lowest BCUT2D eigenvalue weighted by Crippen LogP contribution is -2.54. The van der Waals surface area contributed by atoms with Crippen LogP contribution in [0.4, 0.5) is 4.79 Å². The number of aliphatic carboxylic acids is 1. The van der Waals surface area contributed by atoms with Crippen LogP contribution in [0.25, 0.3) is 0 Å². The molecule has 0 fully saturated rings. The van der Waals surface area contributed by atoms with Crippen molar-refractivity contribution in [2.45, 2.75) is 51.7 Å². The van der Waals surface area contributed by atoms with Crippen LogP contribution < -0.4 is 16.0 Å². The number of nitrogens with one attached hydrogen (secondary N) is 3. The molecule has 0 saturated carbocycles. The molecule has 2 atom stereocenters. The first-order valence-electron chi connectivity index (χ1n) is 6.67. The summed E-state index contributed by atoms with van der Waals surface area (Å²) in [6.45, 7) is 7.19. The predicted molar refractivity (Wildman–Crippen MR) is 76.9 cm³/mol. The molecule has 0 aromatic carbocycles. The maximum atomic E-state index is 11.8. The minimum atomic E-state index is -1.16. The number of carbonyl (C=O) groups is 3. The number of carbonyl (C=O) groups excluding carboxylic acids is 2. The lowest BCUT2D eigenvalue weighted by Gasteiger charge is -2.24. The number of carboxylic acids is 1. The summed E-state index contributed by atoms with van der Waals surface area (Å²) in [5, 5.41) is 16.4. The van der Waals surface area contributed by atoms with Gasteiger partial charge in [0, 0.05) is 25.7 Å². The maximum Gasteiger partial charge on any atom is 0.326 e. The fourth-order valence-electron chi connectivity index (χ4n) is 1.43. The third kappa shape index (κ3) is 8.85. The molecule has 0 bridgehead atoms. The Morgan fingerprint density at radius 2 is 1.76 bits per heavy atom. The van der Waals surface area contributed by atoms with Crippen molar-refractivity contribution >= 4 is 17.9 Å². The van der Waals surface area contributed by atoms with E-state index < -0.39 is 29.6 Å². The van der Waals surface area contributed by atoms with E-state index >= 15 is 0 Å². The molecular formula is C13H25N3O5. The maximum absolute atomic E-state index is 11.8. The molecule has 0 spiro atoms. The second-order valence-corrected chi connectivity index (χ2v) is 5.75. The molecule has 4 N–H and O–H groups in total. The summed E-state index contributed by atoms with van der Waals surface area (Å²) >= 11 is 0. The van der Waals surface area contributed by atoms with E-state index in [1.165, 1.54) is 14.0 Å². The third-order valence-corrected chi connectivity index (χ3v) is 2.45. The van der Waals surface area contributed by atoms with Crippen molar-refractivity contribution in [1.82, 2.24) is 16.0 Å². The summed E-state index contributed by atoms with van der Waals surface area (Å²) in [6.07, 6.45) is 0.141. The van der Waals surface area contributed by atoms with Crippen LogP contribution in [-0.2, 0) is 14.3 Å². The Morgan fingerprint density at radius 1 is 1.19 bits per heavy atom. The van der Waals surface area contributed by atoms with Gasteiger partial charge in [-0.3, -0.25) is 4.79 Å². The van der Waals surface area contributed by atoms with Gasteiger partial charge in [0.1, 0.15) is 12.1 Å². The second-order valence-electron chi connectivity index (χ2n) is 5.75. The van der Waals surface area contributed by atoms with Gasteiger partial charge >= 0.3 is 12.0 Å². The van der Waals surface area contributed by atoms with E-state index in [1.807, 2.05) is 20.8 Å². The summed E-state index contributed by atoms with van der Waals surface area (Å²) in [7, 11) is 1.44. The second kappa shape index (κ2) is 8.46. The fourth-order valence-corrected chi connectivity index (χ4v) is 1.43. The molecule has 122 valence electrons. The lowest BCUT2D eigenvalue weighted by atomic mass is 10.1. The number of hydrogen-bond donors (Lipinski definition) is 4. The Balaban J connectivity index is 4.39. The number of rotatable bonds is 7. The monoisotopic (exact) mass is 303 g/mol. The van der Waals surface area contributed by atoms with Gasteiger partial charge in [0.2, 0.25) is 5.91 Å². The molecule has 8 nitrogen and oxygen atoms in total. The average molecular weight is 303 g/mol. The molecule has 0 aliphatic rings. The molecule has 8 heteroatoms. The Morgan fingerprint density at radius 3 is 2.19 bits per heavy atom. The highest BCUT2D eigenvalue weighted by atomic mass is 16.5. The van der Waals surface area contributed by atoms with E-state index in [0.717, 1.165) is 0 Å². The molecule has 0 rings (SSSR count). The first kappa shape index (κ1) is 19.2. The topological polar surface area (TPSA) is 117 Å². The minimum Gasteiger partial charge on any atom is -0.480 e. The largest absolute Gasteiger partial charge is 0.480 e. The molecule has 0 saturated heterocycles. The van der Waals surface area contributed by atoms with Gasteiger partial charge in [-0.2, -0.15) is 0 Å². The molecular weight excluding hydrogens is 278 g/mol. The number of urea groups is 1. The van der Waals surface area contributed by atoms with E-state index in [1.54, 1.807) is 0 Å². The van der Waals surface area contributed by atoms with Crippen LogP contribution in [0, 0.1) is 0 Å². The smallest absolute Gasteiger partial charge is 0.326 e. The summed E-state index contributed by atoms with van der Waals surface area (Å²) in [4.78, 5) is 34.5. The van der Waals surface area contributed by atoms with Gasteiger partial charge in [-0.05, 0) is 27.7 Å². The SMILES string of the molecule is COCCC(NC(=O)NC(C)C(=O)NC(C)(C)C)C(=O)O. The molecule has 0 radical (unpaired) electrons. The summed E-state index contributed by atoms with van der Waals surface area (Å²) in [5.74, 6) is -1.50. The van der Waals surface area contributed by atoms with Crippen molar-refractivity contribution in [2.75, 3.05) is 13.7 Å². The van der Waals surface area contributed by atoms with Crippen LogP contribution >= 0.6 is 0 Å². The molecule has 0 aromatic heterocycles. The fraction of sp³-hybridized carbons (Fsp3) is 0.769. The number of amides is 3. The standard InChI is InChI=1S/C13H25N3O5/c1-8(10(17)16-13(2,3)4)14-12(20)15-9(11(18)19)6-7-21-5/h8-9H,6-7H2,1-5H3,(H,16,17)(H,18,19)(H2,14,15,20). The summed E-state index contributed by atoms with van der Waals surface area (Å²) in [5.41, 5.74) is -0.411. The first-order chi connectivity index (χ1) is 9.56. The van der Waals surface area contributed by atoms with E-state index in [4.69, 9.17) is 9.84 Å². The lowest BCUT2D eigenvalue weighted by molar-refractivity contribution is -0.139. The van der Waals surface area contributed by atoms with Crippen LogP contribution in [-0.4, -0.2) is 54.4 Å². The summed E-state index contributed by atoms with van der Waals surface area (Å²) < 4.78 is 4.78. The molecule has 0 aromatic rings. The van der Waals surface area contributed by atoms with Gasteiger partial charge in [0.15, 0.2) is 0 Å². The number of methoxy groups -OCH3 is 1. The summed E-state index contributed by atoms with van der Waals surface area (Å²) in [6, 6.07) is -2.56. The zero-order valence-corrected chi connectivity index (χ0v) is 13.1. The number of ether oxygens (including phenoxy) is 1. The zero-order chi connectivity index (χ0) is 16.6. The van der Waals surface area contributed by atoms with Gasteiger partial charge in [0.05, 0.1) is 0 Å². The van der Waals surface area contributed by atoms with Crippen LogP contribution in [0.2, 0.25) is 0 Å². The predicted octanol–water partition coefficient (Wildman–Crippen LogP) is 0.0785. The first-order valence-corrected chi connectivity index (χ1v) is 6.67. The van der Waals surface area contributed by atoms with Crippen molar-refractivity contribution in [3.05, 3.63) is 0 Å². The van der Waals surface area contributed by atoms with Gasteiger partial charge in [-0.1, -0.05) is 0 Å². The molecule has 2 unspecified atom stereocenters. The van der Waals surface area contributed by atoms with Crippen LogP contribution in [0.1, 0.15) is 34.1 Å². The zero-order valence-electron chi connectivity index (χ0n) is 13.1. The Bertz CT molecular complexity index is 378. The van der Waals surface area contributed by atoms with Crippen molar-refractivity contribution in [3.63, 3.8) is 0 Å². The molecule has 3 amide bonds. The molecule has 0 aliphatic heterocycles. The average Bonchev–Trinajstić information content (AvgIpc) is 2.31. The highest BCUT2D eigenvalue weighted by Gasteiger charge is 2.23. The van der Waals surface area contributed by atoms with Crippen LogP contribution in [0.3, 0.4) is 0 Å². The van der Waals surface area contributed by atoms with Gasteiger partial charge in [-0.25, -0.2) is 9.59 Å². The Hall–Kier alpha value is -1.83. The molecule has 0 aliphatic carbocycles. The minimum absolute atomic E-state index is 0.141. The van der Waals surface area contributed by atoms with Crippen molar-refractivity contribution in [1.29, 1.82) is 0 Å². The Labute approximate surface area is 124 Å². The van der Waals surface area contributed by atoms with E-state index in [9.17, 15) is 14.4 Å². The molecule has 21 heavy (non-hydrogen) atoms. The van der Waals surface area contributed by atoms with E-state index in [0.29, 0.717) is 0 Å². The normalized spacial score (nSPS) is 14.0.